The highest BCUT2D eigenvalue weighted by Crippen LogP contribution is 2.51. The van der Waals surface area contributed by atoms with Crippen LogP contribution >= 0.6 is 11.3 Å². The molecule has 2 N–H and O–H groups in total. The number of rotatable bonds is 10. The number of thiophene rings is 1. The predicted molar refractivity (Wildman–Crippen MR) is 172 cm³/mol. The Balaban J connectivity index is 1.06. The Bertz CT molecular complexity index is 1600. The van der Waals surface area contributed by atoms with E-state index < -0.39 is 24.0 Å². The third-order valence-electron chi connectivity index (χ3n) is 9.05. The minimum atomic E-state index is -4.49. The minimum absolute atomic E-state index is 0.0419. The third-order valence-corrected chi connectivity index (χ3v) is 10.0. The number of carbonyl (C=O) groups is 2. The Hall–Kier alpha value is -3.95. The predicted octanol–water partition coefficient (Wildman–Crippen LogP) is 7.42. The molecular weight excluding hydrogens is 595 g/mol. The number of hydrogen-bond donors (Lipinski definition) is 2. The zero-order valence-electron chi connectivity index (χ0n) is 24.9. The smallest absolute Gasteiger partial charge is 0.349 e. The Morgan fingerprint density at radius 1 is 0.844 bits per heavy atom. The summed E-state index contributed by atoms with van der Waals surface area (Å²) in [7, 11) is 0. The summed E-state index contributed by atoms with van der Waals surface area (Å²) < 4.78 is 39.4. The Morgan fingerprint density at radius 2 is 1.47 bits per heavy atom. The largest absolute Gasteiger partial charge is 0.405 e. The van der Waals surface area contributed by atoms with Crippen LogP contribution in [0.1, 0.15) is 53.6 Å². The number of benzene rings is 3. The van der Waals surface area contributed by atoms with Crippen molar-refractivity contribution >= 4 is 23.2 Å². The maximum atomic E-state index is 13.7. The molecule has 2 aliphatic rings. The van der Waals surface area contributed by atoms with Crippen molar-refractivity contribution in [3.63, 3.8) is 0 Å². The van der Waals surface area contributed by atoms with Crippen LogP contribution in [0.2, 0.25) is 0 Å². The molecule has 0 saturated carbocycles. The third kappa shape index (κ3) is 6.56. The first kappa shape index (κ1) is 31.0. The second-order valence-corrected chi connectivity index (χ2v) is 12.8. The molecule has 1 fully saturated rings. The van der Waals surface area contributed by atoms with E-state index in [1.165, 1.54) is 0 Å². The van der Waals surface area contributed by atoms with Crippen molar-refractivity contribution in [3.8, 4) is 21.6 Å². The second kappa shape index (κ2) is 13.2. The number of alkyl halides is 3. The molecule has 0 atom stereocenters. The van der Waals surface area contributed by atoms with Gasteiger partial charge in [0.05, 0.1) is 5.56 Å². The Kier molecular flexibility index (Phi) is 9.10. The van der Waals surface area contributed by atoms with Crippen molar-refractivity contribution in [1.82, 2.24) is 15.5 Å². The van der Waals surface area contributed by atoms with Crippen LogP contribution in [0.4, 0.5) is 13.2 Å². The first-order valence-electron chi connectivity index (χ1n) is 15.5. The van der Waals surface area contributed by atoms with E-state index in [0.717, 1.165) is 71.6 Å². The van der Waals surface area contributed by atoms with Gasteiger partial charge in [-0.2, -0.15) is 13.2 Å². The Morgan fingerprint density at radius 3 is 2.11 bits per heavy atom. The maximum Gasteiger partial charge on any atom is 0.405 e. The lowest BCUT2D eigenvalue weighted by atomic mass is 9.73. The summed E-state index contributed by atoms with van der Waals surface area (Å²) in [6, 6.07) is 27.0. The molecule has 4 aromatic rings. The molecule has 234 valence electrons. The van der Waals surface area contributed by atoms with Gasteiger partial charge in [-0.25, -0.2) is 0 Å². The van der Waals surface area contributed by atoms with Gasteiger partial charge in [-0.05, 0) is 71.5 Å². The van der Waals surface area contributed by atoms with Crippen LogP contribution in [0.25, 0.3) is 21.6 Å². The van der Waals surface area contributed by atoms with E-state index >= 15 is 0 Å². The SMILES string of the molecule is O=C(NC1CCN(CCCCC2(C(=O)NCC(F)(F)F)c3ccccc3-c3ccccc32)CC1)c1ccsc1-c1ccccc1. The highest BCUT2D eigenvalue weighted by Gasteiger charge is 2.49. The summed E-state index contributed by atoms with van der Waals surface area (Å²) in [4.78, 5) is 30.2. The van der Waals surface area contributed by atoms with Gasteiger partial charge in [-0.1, -0.05) is 85.3 Å². The number of nitrogens with zero attached hydrogens (tertiary/aromatic N) is 1. The molecule has 5 nitrogen and oxygen atoms in total. The van der Waals surface area contributed by atoms with E-state index in [2.05, 4.69) is 15.5 Å². The maximum absolute atomic E-state index is 13.7. The van der Waals surface area contributed by atoms with Crippen molar-refractivity contribution in [2.24, 2.45) is 0 Å². The summed E-state index contributed by atoms with van der Waals surface area (Å²) in [5, 5.41) is 7.40. The van der Waals surface area contributed by atoms with E-state index in [1.807, 2.05) is 90.3 Å². The van der Waals surface area contributed by atoms with Crippen molar-refractivity contribution in [2.45, 2.75) is 49.7 Å². The molecule has 9 heteroatoms. The highest BCUT2D eigenvalue weighted by atomic mass is 32.1. The summed E-state index contributed by atoms with van der Waals surface area (Å²) in [5.41, 5.74) is 3.91. The van der Waals surface area contributed by atoms with Gasteiger partial charge in [0.1, 0.15) is 12.0 Å². The fourth-order valence-corrected chi connectivity index (χ4v) is 7.78. The van der Waals surface area contributed by atoms with Crippen molar-refractivity contribution in [1.29, 1.82) is 0 Å². The molecule has 1 saturated heterocycles. The number of hydrogen-bond acceptors (Lipinski definition) is 4. The van der Waals surface area contributed by atoms with Gasteiger partial charge in [0.25, 0.3) is 5.91 Å². The molecular formula is C36H36F3N3O2S. The molecule has 0 bridgehead atoms. The molecule has 2 amide bonds. The summed E-state index contributed by atoms with van der Waals surface area (Å²) >= 11 is 1.57. The molecule has 1 aliphatic heterocycles. The molecule has 0 spiro atoms. The van der Waals surface area contributed by atoms with Crippen LogP contribution in [0, 0.1) is 0 Å². The summed E-state index contributed by atoms with van der Waals surface area (Å²) in [5.74, 6) is -0.644. The molecule has 1 aliphatic carbocycles. The Labute approximate surface area is 265 Å². The molecule has 6 rings (SSSR count). The standard InChI is InChI=1S/C36H36F3N3O2S/c37-36(38,39)24-40-34(44)35(30-14-6-4-12-27(30)28-13-5-7-15-31(28)35)19-8-9-20-42-21-16-26(17-22-42)41-33(43)29-18-23-45-32(29)25-10-2-1-3-11-25/h1-7,10-15,18,23,26H,8-9,16-17,19-22,24H2,(H,40,44)(H,41,43). The monoisotopic (exact) mass is 631 g/mol. The van der Waals surface area contributed by atoms with Crippen LogP contribution in [0.5, 0.6) is 0 Å². The van der Waals surface area contributed by atoms with E-state index in [-0.39, 0.29) is 11.9 Å². The lowest BCUT2D eigenvalue weighted by Crippen LogP contribution is -2.47. The number of likely N-dealkylation sites (tertiary alicyclic amines) is 1. The molecule has 0 radical (unpaired) electrons. The van der Waals surface area contributed by atoms with Gasteiger partial charge in [0, 0.05) is 24.0 Å². The number of piperidine rings is 1. The van der Waals surface area contributed by atoms with Crippen LogP contribution in [-0.2, 0) is 10.2 Å². The van der Waals surface area contributed by atoms with Crippen LogP contribution < -0.4 is 10.6 Å². The zero-order valence-corrected chi connectivity index (χ0v) is 25.7. The number of carbonyl (C=O) groups excluding carboxylic acids is 2. The fourth-order valence-electron chi connectivity index (χ4n) is 6.88. The van der Waals surface area contributed by atoms with E-state index in [4.69, 9.17) is 0 Å². The van der Waals surface area contributed by atoms with E-state index in [9.17, 15) is 22.8 Å². The molecule has 45 heavy (non-hydrogen) atoms. The lowest BCUT2D eigenvalue weighted by Gasteiger charge is -2.33. The average molecular weight is 632 g/mol. The number of unbranched alkanes of at least 4 members (excludes halogenated alkanes) is 1. The average Bonchev–Trinajstić information content (AvgIpc) is 3.66. The number of nitrogens with one attached hydrogen (secondary N) is 2. The molecule has 2 heterocycles. The summed E-state index contributed by atoms with van der Waals surface area (Å²) in [6.45, 7) is 1.17. The van der Waals surface area contributed by atoms with Gasteiger partial charge in [0.15, 0.2) is 0 Å². The van der Waals surface area contributed by atoms with Gasteiger partial charge < -0.3 is 15.5 Å². The molecule has 3 aromatic carbocycles. The first-order chi connectivity index (χ1) is 21.8. The van der Waals surface area contributed by atoms with Crippen molar-refractivity contribution in [3.05, 3.63) is 107 Å². The number of fused-ring (bicyclic) bond motifs is 3. The van der Waals surface area contributed by atoms with Crippen LogP contribution in [0.3, 0.4) is 0 Å². The van der Waals surface area contributed by atoms with Gasteiger partial charge in [-0.15, -0.1) is 11.3 Å². The van der Waals surface area contributed by atoms with Gasteiger partial charge in [-0.3, -0.25) is 9.59 Å². The lowest BCUT2D eigenvalue weighted by molar-refractivity contribution is -0.141. The van der Waals surface area contributed by atoms with Gasteiger partial charge in [0.2, 0.25) is 5.91 Å². The van der Waals surface area contributed by atoms with Crippen molar-refractivity contribution < 1.29 is 22.8 Å². The fraction of sp³-hybridized carbons (Fsp3) is 0.333. The number of amides is 2. The van der Waals surface area contributed by atoms with E-state index in [0.29, 0.717) is 18.4 Å². The first-order valence-corrected chi connectivity index (χ1v) is 16.3. The summed E-state index contributed by atoms with van der Waals surface area (Å²) in [6.07, 6.45) is -0.887. The minimum Gasteiger partial charge on any atom is -0.349 e. The van der Waals surface area contributed by atoms with Crippen LogP contribution in [0.15, 0.2) is 90.3 Å². The van der Waals surface area contributed by atoms with Crippen LogP contribution in [-0.4, -0.2) is 55.1 Å². The second-order valence-electron chi connectivity index (χ2n) is 11.9. The van der Waals surface area contributed by atoms with Crippen molar-refractivity contribution in [2.75, 3.05) is 26.2 Å². The number of halogens is 3. The quantitative estimate of drug-likeness (QED) is 0.179. The topological polar surface area (TPSA) is 61.4 Å². The van der Waals surface area contributed by atoms with E-state index in [1.54, 1.807) is 11.3 Å². The molecule has 0 unspecified atom stereocenters. The normalized spacial score (nSPS) is 16.2. The highest BCUT2D eigenvalue weighted by molar-refractivity contribution is 7.14. The van der Waals surface area contributed by atoms with Gasteiger partial charge >= 0.3 is 6.18 Å². The molecule has 1 aromatic heterocycles. The zero-order chi connectivity index (χ0) is 31.4.